The largest absolute Gasteiger partial charge is 0.300 e. The topological polar surface area (TPSA) is 17.1 Å². The molecule has 0 unspecified atom stereocenters. The molecule has 0 aliphatic heterocycles. The fraction of sp³-hybridized carbons (Fsp3) is 0.850. The first kappa shape index (κ1) is 20.2. The molecule has 0 radical (unpaired) electrons. The lowest BCUT2D eigenvalue weighted by atomic mass is 10.1. The van der Waals surface area contributed by atoms with E-state index in [1.54, 1.807) is 0 Å². The van der Waals surface area contributed by atoms with Crippen LogP contribution in [0.15, 0.2) is 0 Å². The van der Waals surface area contributed by atoms with Gasteiger partial charge in [0.15, 0.2) is 0 Å². The molecule has 0 amide bonds. The van der Waals surface area contributed by atoms with E-state index in [0.29, 0.717) is 12.2 Å². The van der Waals surface area contributed by atoms with Gasteiger partial charge in [0, 0.05) is 25.7 Å². The van der Waals surface area contributed by atoms with Crippen molar-refractivity contribution in [2.75, 3.05) is 0 Å². The molecular weight excluding hydrogens is 256 g/mol. The fourth-order valence-electron chi connectivity index (χ4n) is 2.42. The number of carbonyl (C=O) groups is 1. The van der Waals surface area contributed by atoms with Gasteiger partial charge in [-0.3, -0.25) is 4.79 Å². The summed E-state index contributed by atoms with van der Waals surface area (Å²) in [7, 11) is 0. The number of ketones is 1. The van der Waals surface area contributed by atoms with Gasteiger partial charge < -0.3 is 0 Å². The molecule has 1 nitrogen and oxygen atoms in total. The summed E-state index contributed by atoms with van der Waals surface area (Å²) in [6, 6.07) is 0. The number of rotatable bonds is 14. The van der Waals surface area contributed by atoms with Crippen LogP contribution in [0.1, 0.15) is 110 Å². The lowest BCUT2D eigenvalue weighted by molar-refractivity contribution is -0.119. The van der Waals surface area contributed by atoms with Crippen molar-refractivity contribution in [2.45, 2.75) is 110 Å². The Kier molecular flexibility index (Phi) is 16.6. The molecule has 0 saturated heterocycles. The summed E-state index contributed by atoms with van der Waals surface area (Å²) in [6.07, 6.45) is 17.3. The zero-order chi connectivity index (χ0) is 15.6. The van der Waals surface area contributed by atoms with Crippen LogP contribution < -0.4 is 0 Å². The zero-order valence-electron chi connectivity index (χ0n) is 14.5. The Balaban J connectivity index is 3.28. The second kappa shape index (κ2) is 17.3. The third-order valence-corrected chi connectivity index (χ3v) is 3.87. The Morgan fingerprint density at radius 2 is 1.14 bits per heavy atom. The molecule has 0 aromatic rings. The van der Waals surface area contributed by atoms with Gasteiger partial charge in [-0.15, -0.1) is 11.8 Å². The third kappa shape index (κ3) is 17.2. The van der Waals surface area contributed by atoms with Crippen LogP contribution >= 0.6 is 0 Å². The molecule has 0 N–H and O–H groups in total. The van der Waals surface area contributed by atoms with Crippen molar-refractivity contribution < 1.29 is 4.79 Å². The van der Waals surface area contributed by atoms with E-state index in [1.807, 2.05) is 0 Å². The summed E-state index contributed by atoms with van der Waals surface area (Å²) in [6.45, 7) is 4.47. The Bertz CT molecular complexity index is 282. The number of Topliss-reactive ketones (excluding diaryl/α,β-unsaturated/α-hetero) is 1. The van der Waals surface area contributed by atoms with Crippen LogP contribution in [0.3, 0.4) is 0 Å². The molecule has 0 atom stereocenters. The SMILES string of the molecule is CCCCCCC#CCCC(=O)CCCCCCCCC. The smallest absolute Gasteiger partial charge is 0.133 e. The lowest BCUT2D eigenvalue weighted by Crippen LogP contribution is -1.96. The van der Waals surface area contributed by atoms with Crippen molar-refractivity contribution in [3.05, 3.63) is 0 Å². The molecule has 0 aliphatic rings. The molecule has 0 rings (SSSR count). The van der Waals surface area contributed by atoms with Crippen molar-refractivity contribution in [3.8, 4) is 11.8 Å². The highest BCUT2D eigenvalue weighted by Crippen LogP contribution is 2.09. The highest BCUT2D eigenvalue weighted by molar-refractivity contribution is 5.78. The van der Waals surface area contributed by atoms with Crippen LogP contribution in [0.2, 0.25) is 0 Å². The van der Waals surface area contributed by atoms with Gasteiger partial charge in [0.05, 0.1) is 0 Å². The second-order valence-corrected chi connectivity index (χ2v) is 6.07. The maximum atomic E-state index is 11.7. The molecular formula is C20H36O. The van der Waals surface area contributed by atoms with Gasteiger partial charge in [-0.1, -0.05) is 71.6 Å². The maximum Gasteiger partial charge on any atom is 0.133 e. The first-order chi connectivity index (χ1) is 10.3. The zero-order valence-corrected chi connectivity index (χ0v) is 14.5. The summed E-state index contributed by atoms with van der Waals surface area (Å²) in [4.78, 5) is 11.7. The van der Waals surface area contributed by atoms with E-state index < -0.39 is 0 Å². The second-order valence-electron chi connectivity index (χ2n) is 6.07. The first-order valence-electron chi connectivity index (χ1n) is 9.28. The highest BCUT2D eigenvalue weighted by atomic mass is 16.1. The van der Waals surface area contributed by atoms with Gasteiger partial charge in [-0.05, 0) is 12.8 Å². The molecule has 21 heavy (non-hydrogen) atoms. The Hall–Kier alpha value is -0.770. The summed E-state index contributed by atoms with van der Waals surface area (Å²) < 4.78 is 0. The number of hydrogen-bond acceptors (Lipinski definition) is 1. The standard InChI is InChI=1S/C20H36O/c1-3-5-7-9-11-13-15-17-19-20(21)18-16-14-12-10-8-6-4-2/h3-12,14,16-19H2,1-2H3. The molecule has 0 saturated carbocycles. The lowest BCUT2D eigenvalue weighted by Gasteiger charge is -2.00. The van der Waals surface area contributed by atoms with E-state index in [9.17, 15) is 4.79 Å². The van der Waals surface area contributed by atoms with Crippen LogP contribution in [-0.2, 0) is 4.79 Å². The quantitative estimate of drug-likeness (QED) is 0.265. The van der Waals surface area contributed by atoms with Crippen molar-refractivity contribution >= 4 is 5.78 Å². The third-order valence-electron chi connectivity index (χ3n) is 3.87. The fourth-order valence-corrected chi connectivity index (χ4v) is 2.42. The van der Waals surface area contributed by atoms with Crippen molar-refractivity contribution in [3.63, 3.8) is 0 Å². The molecule has 0 aliphatic carbocycles. The van der Waals surface area contributed by atoms with Gasteiger partial charge in [0.25, 0.3) is 0 Å². The predicted molar refractivity (Wildman–Crippen MR) is 93.4 cm³/mol. The molecule has 0 aromatic carbocycles. The van der Waals surface area contributed by atoms with Crippen molar-refractivity contribution in [2.24, 2.45) is 0 Å². The summed E-state index contributed by atoms with van der Waals surface area (Å²) in [5, 5.41) is 0. The minimum Gasteiger partial charge on any atom is -0.300 e. The van der Waals surface area contributed by atoms with Gasteiger partial charge in [-0.2, -0.15) is 0 Å². The number of hydrogen-bond donors (Lipinski definition) is 0. The number of unbranched alkanes of at least 4 members (excludes halogenated alkanes) is 10. The van der Waals surface area contributed by atoms with E-state index in [-0.39, 0.29) is 0 Å². The van der Waals surface area contributed by atoms with Gasteiger partial charge in [0.2, 0.25) is 0 Å². The van der Waals surface area contributed by atoms with Gasteiger partial charge in [-0.25, -0.2) is 0 Å². The molecule has 1 heteroatoms. The average Bonchev–Trinajstić information content (AvgIpc) is 2.49. The molecule has 0 spiro atoms. The molecule has 0 heterocycles. The molecule has 0 bridgehead atoms. The van der Waals surface area contributed by atoms with E-state index >= 15 is 0 Å². The average molecular weight is 293 g/mol. The van der Waals surface area contributed by atoms with Gasteiger partial charge >= 0.3 is 0 Å². The first-order valence-corrected chi connectivity index (χ1v) is 9.28. The van der Waals surface area contributed by atoms with Crippen LogP contribution in [0.25, 0.3) is 0 Å². The highest BCUT2D eigenvalue weighted by Gasteiger charge is 2.00. The Morgan fingerprint density at radius 1 is 0.619 bits per heavy atom. The predicted octanol–water partition coefficient (Wildman–Crippen LogP) is 6.45. The summed E-state index contributed by atoms with van der Waals surface area (Å²) >= 11 is 0. The van der Waals surface area contributed by atoms with E-state index in [2.05, 4.69) is 25.7 Å². The van der Waals surface area contributed by atoms with Crippen LogP contribution in [-0.4, -0.2) is 5.78 Å². The summed E-state index contributed by atoms with van der Waals surface area (Å²) in [5.74, 6) is 6.75. The minimum absolute atomic E-state index is 0.406. The minimum atomic E-state index is 0.406. The van der Waals surface area contributed by atoms with E-state index in [4.69, 9.17) is 0 Å². The normalized spacial score (nSPS) is 10.2. The molecule has 122 valence electrons. The number of carbonyl (C=O) groups excluding carboxylic acids is 1. The maximum absolute atomic E-state index is 11.7. The van der Waals surface area contributed by atoms with Crippen molar-refractivity contribution in [1.29, 1.82) is 0 Å². The summed E-state index contributed by atoms with van der Waals surface area (Å²) in [5.41, 5.74) is 0. The van der Waals surface area contributed by atoms with Crippen LogP contribution in [0.5, 0.6) is 0 Å². The van der Waals surface area contributed by atoms with Crippen molar-refractivity contribution in [1.82, 2.24) is 0 Å². The van der Waals surface area contributed by atoms with E-state index in [1.165, 1.54) is 64.2 Å². The Morgan fingerprint density at radius 3 is 1.81 bits per heavy atom. The Labute approximate surface area is 133 Å². The van der Waals surface area contributed by atoms with E-state index in [0.717, 1.165) is 25.7 Å². The van der Waals surface area contributed by atoms with Crippen LogP contribution in [0.4, 0.5) is 0 Å². The van der Waals surface area contributed by atoms with Gasteiger partial charge in [0.1, 0.15) is 5.78 Å². The molecule has 0 aromatic heterocycles. The monoisotopic (exact) mass is 292 g/mol. The molecule has 0 fully saturated rings. The van der Waals surface area contributed by atoms with Crippen LogP contribution in [0, 0.1) is 11.8 Å².